The maximum absolute atomic E-state index is 13.1. The Hall–Kier alpha value is -1.64. The van der Waals surface area contributed by atoms with Crippen LogP contribution >= 0.6 is 23.2 Å². The van der Waals surface area contributed by atoms with Crippen molar-refractivity contribution >= 4 is 39.1 Å². The van der Waals surface area contributed by atoms with E-state index in [1.807, 2.05) is 13.8 Å². The third-order valence-corrected chi connectivity index (χ3v) is 7.58. The largest absolute Gasteiger partial charge is 0.373 e. The summed E-state index contributed by atoms with van der Waals surface area (Å²) in [6, 6.07) is 11.3. The average molecular weight is 471 g/mol. The number of nitrogens with zero attached hydrogens (tertiary/aromatic N) is 2. The second-order valence-corrected chi connectivity index (χ2v) is 10.2. The number of carbonyl (C=O) groups excluding carboxylic acids is 1. The summed E-state index contributed by atoms with van der Waals surface area (Å²) in [6.45, 7) is 4.48. The van der Waals surface area contributed by atoms with Crippen LogP contribution in [0.15, 0.2) is 47.4 Å². The van der Waals surface area contributed by atoms with E-state index in [-0.39, 0.29) is 48.2 Å². The van der Waals surface area contributed by atoms with E-state index >= 15 is 0 Å². The molecule has 2 aromatic rings. The molecule has 0 bridgehead atoms. The van der Waals surface area contributed by atoms with Gasteiger partial charge in [0, 0.05) is 32.2 Å². The molecule has 0 aromatic heterocycles. The molecular weight excluding hydrogens is 447 g/mol. The second-order valence-electron chi connectivity index (χ2n) is 7.48. The number of carbonyl (C=O) groups is 1. The lowest BCUT2D eigenvalue weighted by molar-refractivity contribution is -0.0440. The third kappa shape index (κ3) is 4.98. The molecule has 1 aliphatic rings. The van der Waals surface area contributed by atoms with Crippen LogP contribution in [0.2, 0.25) is 10.0 Å². The molecule has 1 heterocycles. The van der Waals surface area contributed by atoms with Crippen molar-refractivity contribution in [2.45, 2.75) is 37.5 Å². The summed E-state index contributed by atoms with van der Waals surface area (Å²) in [4.78, 5) is 14.5. The van der Waals surface area contributed by atoms with Gasteiger partial charge in [-0.2, -0.15) is 4.31 Å². The van der Waals surface area contributed by atoms with Crippen LogP contribution in [-0.4, -0.2) is 55.9 Å². The number of benzene rings is 2. The zero-order valence-corrected chi connectivity index (χ0v) is 19.3. The van der Waals surface area contributed by atoms with E-state index in [0.29, 0.717) is 15.6 Å². The molecule has 3 rings (SSSR count). The summed E-state index contributed by atoms with van der Waals surface area (Å²) in [7, 11) is -2.11. The molecule has 1 fully saturated rings. The molecule has 1 saturated heterocycles. The van der Waals surface area contributed by atoms with E-state index in [0.717, 1.165) is 0 Å². The smallest absolute Gasteiger partial charge is 0.253 e. The van der Waals surface area contributed by atoms with Crippen molar-refractivity contribution in [1.29, 1.82) is 0 Å². The van der Waals surface area contributed by atoms with Gasteiger partial charge in [-0.25, -0.2) is 8.42 Å². The molecule has 0 N–H and O–H groups in total. The van der Waals surface area contributed by atoms with Gasteiger partial charge < -0.3 is 9.64 Å². The van der Waals surface area contributed by atoms with Crippen LogP contribution in [0, 0.1) is 0 Å². The highest BCUT2D eigenvalue weighted by molar-refractivity contribution is 7.89. The monoisotopic (exact) mass is 470 g/mol. The minimum absolute atomic E-state index is 0.0869. The van der Waals surface area contributed by atoms with Gasteiger partial charge in [0.15, 0.2) is 0 Å². The first-order valence-electron chi connectivity index (χ1n) is 9.53. The molecule has 0 radical (unpaired) electrons. The zero-order valence-electron chi connectivity index (χ0n) is 17.0. The number of amides is 1. The molecule has 1 amide bonds. The van der Waals surface area contributed by atoms with E-state index in [2.05, 4.69) is 0 Å². The van der Waals surface area contributed by atoms with Crippen molar-refractivity contribution < 1.29 is 17.9 Å². The van der Waals surface area contributed by atoms with Crippen molar-refractivity contribution in [1.82, 2.24) is 9.21 Å². The Bertz CT molecular complexity index is 1040. The highest BCUT2D eigenvalue weighted by atomic mass is 35.5. The first-order valence-corrected chi connectivity index (χ1v) is 11.7. The molecule has 1 aliphatic heterocycles. The quantitative estimate of drug-likeness (QED) is 0.660. The van der Waals surface area contributed by atoms with Crippen molar-refractivity contribution in [3.8, 4) is 0 Å². The molecule has 6 nitrogen and oxygen atoms in total. The van der Waals surface area contributed by atoms with Crippen molar-refractivity contribution in [2.24, 2.45) is 0 Å². The van der Waals surface area contributed by atoms with Gasteiger partial charge in [-0.15, -0.1) is 0 Å². The van der Waals surface area contributed by atoms with Gasteiger partial charge in [0.1, 0.15) is 0 Å². The highest BCUT2D eigenvalue weighted by Gasteiger charge is 2.32. The van der Waals surface area contributed by atoms with Gasteiger partial charge in [0.05, 0.1) is 27.1 Å². The van der Waals surface area contributed by atoms with Crippen LogP contribution in [0.25, 0.3) is 0 Å². The minimum atomic E-state index is -3.74. The normalized spacial score (nSPS) is 20.2. The fourth-order valence-electron chi connectivity index (χ4n) is 3.48. The van der Waals surface area contributed by atoms with Gasteiger partial charge in [-0.3, -0.25) is 4.79 Å². The van der Waals surface area contributed by atoms with Crippen LogP contribution in [0.4, 0.5) is 0 Å². The summed E-state index contributed by atoms with van der Waals surface area (Å²) in [6.07, 6.45) is -0.385. The van der Waals surface area contributed by atoms with E-state index in [1.54, 1.807) is 37.4 Å². The summed E-state index contributed by atoms with van der Waals surface area (Å²) in [5.41, 5.74) is 0.992. The number of morpholine rings is 1. The summed E-state index contributed by atoms with van der Waals surface area (Å²) >= 11 is 12.3. The molecule has 0 saturated carbocycles. The fraction of sp³-hybridized carbons (Fsp3) is 0.381. The number of ether oxygens (including phenoxy) is 1. The standard InChI is InChI=1S/C21H24Cl2N2O4S/c1-14-11-25(12-15(2)29-14)30(27,28)18-8-4-6-16(10-18)21(26)24(3)13-17-7-5-9-19(22)20(17)23/h4-10,14-15H,11-13H2,1-3H3/t14-,15-/m1/s1. The van der Waals surface area contributed by atoms with Crippen LogP contribution in [-0.2, 0) is 21.3 Å². The average Bonchev–Trinajstić information content (AvgIpc) is 2.70. The molecule has 2 aromatic carbocycles. The van der Waals surface area contributed by atoms with Gasteiger partial charge in [-0.1, -0.05) is 41.4 Å². The molecule has 30 heavy (non-hydrogen) atoms. The summed E-state index contributed by atoms with van der Waals surface area (Å²) in [5, 5.41) is 0.808. The van der Waals surface area contributed by atoms with Crippen LogP contribution in [0.1, 0.15) is 29.8 Å². The lowest BCUT2D eigenvalue weighted by Crippen LogP contribution is -2.48. The van der Waals surface area contributed by atoms with Crippen LogP contribution in [0.5, 0.6) is 0 Å². The Kier molecular flexibility index (Phi) is 7.09. The van der Waals surface area contributed by atoms with Crippen LogP contribution < -0.4 is 0 Å². The first-order chi connectivity index (χ1) is 14.1. The first kappa shape index (κ1) is 23.0. The Morgan fingerprint density at radius 1 is 1.13 bits per heavy atom. The van der Waals surface area contributed by atoms with E-state index in [9.17, 15) is 13.2 Å². The van der Waals surface area contributed by atoms with Gasteiger partial charge in [0.25, 0.3) is 5.91 Å². The lowest BCUT2D eigenvalue weighted by Gasteiger charge is -2.34. The van der Waals surface area contributed by atoms with E-state index in [4.69, 9.17) is 27.9 Å². The maximum atomic E-state index is 13.1. The molecule has 0 aliphatic carbocycles. The topological polar surface area (TPSA) is 66.9 Å². The maximum Gasteiger partial charge on any atom is 0.253 e. The number of halogens is 2. The Labute approximate surface area is 187 Å². The van der Waals surface area contributed by atoms with Gasteiger partial charge >= 0.3 is 0 Å². The molecule has 2 atom stereocenters. The predicted octanol–water partition coefficient (Wildman–Crippen LogP) is 4.06. The van der Waals surface area contributed by atoms with Gasteiger partial charge in [-0.05, 0) is 43.7 Å². The molecule has 162 valence electrons. The zero-order chi connectivity index (χ0) is 22.1. The van der Waals surface area contributed by atoms with E-state index < -0.39 is 10.0 Å². The minimum Gasteiger partial charge on any atom is -0.373 e. The Morgan fingerprint density at radius 3 is 2.43 bits per heavy atom. The Morgan fingerprint density at radius 2 is 1.77 bits per heavy atom. The van der Waals surface area contributed by atoms with Gasteiger partial charge in [0.2, 0.25) is 10.0 Å². The molecule has 0 spiro atoms. The van der Waals surface area contributed by atoms with Crippen LogP contribution in [0.3, 0.4) is 0 Å². The Balaban J connectivity index is 1.82. The lowest BCUT2D eigenvalue weighted by atomic mass is 10.1. The van der Waals surface area contributed by atoms with E-state index in [1.165, 1.54) is 21.3 Å². The van der Waals surface area contributed by atoms with Crippen molar-refractivity contribution in [2.75, 3.05) is 20.1 Å². The summed E-state index contributed by atoms with van der Waals surface area (Å²) < 4.78 is 33.3. The number of rotatable bonds is 5. The third-order valence-electron chi connectivity index (χ3n) is 4.89. The second kappa shape index (κ2) is 9.24. The molecule has 9 heteroatoms. The SMILES string of the molecule is C[C@@H]1CN(S(=O)(=O)c2cccc(C(=O)N(C)Cc3cccc(Cl)c3Cl)c2)C[C@@H](C)O1. The number of hydrogen-bond donors (Lipinski definition) is 0. The molecular formula is C21H24Cl2N2O4S. The fourth-order valence-corrected chi connectivity index (χ4v) is 5.50. The number of sulfonamides is 1. The summed E-state index contributed by atoms with van der Waals surface area (Å²) in [5.74, 6) is -0.313. The number of hydrogen-bond acceptors (Lipinski definition) is 4. The predicted molar refractivity (Wildman–Crippen MR) is 117 cm³/mol. The molecule has 0 unspecified atom stereocenters. The van der Waals surface area contributed by atoms with Crippen molar-refractivity contribution in [3.05, 3.63) is 63.6 Å². The highest BCUT2D eigenvalue weighted by Crippen LogP contribution is 2.27. The van der Waals surface area contributed by atoms with Crippen molar-refractivity contribution in [3.63, 3.8) is 0 Å².